The number of anilines is 3. The lowest BCUT2D eigenvalue weighted by molar-refractivity contribution is 0.102. The van der Waals surface area contributed by atoms with Crippen LogP contribution in [0.1, 0.15) is 21.5 Å². The van der Waals surface area contributed by atoms with Gasteiger partial charge in [-0.2, -0.15) is 0 Å². The van der Waals surface area contributed by atoms with E-state index in [1.807, 2.05) is 62.4 Å². The Morgan fingerprint density at radius 1 is 0.875 bits per heavy atom. The Kier molecular flexibility index (Phi) is 4.52. The molecule has 2 N–H and O–H groups in total. The highest BCUT2D eigenvalue weighted by Gasteiger charge is 2.08. The summed E-state index contributed by atoms with van der Waals surface area (Å²) in [6, 6.07) is 15.5. The number of carbonyl (C=O) groups excluding carboxylic acids is 1. The van der Waals surface area contributed by atoms with Crippen molar-refractivity contribution in [1.82, 2.24) is 9.97 Å². The van der Waals surface area contributed by atoms with Crippen LogP contribution in [-0.2, 0) is 0 Å². The third-order valence-electron chi connectivity index (χ3n) is 3.50. The summed E-state index contributed by atoms with van der Waals surface area (Å²) in [6.07, 6.45) is 3.02. The van der Waals surface area contributed by atoms with E-state index >= 15 is 0 Å². The van der Waals surface area contributed by atoms with Gasteiger partial charge in [0.1, 0.15) is 0 Å². The molecule has 1 amide bonds. The quantitative estimate of drug-likeness (QED) is 0.760. The molecule has 0 aliphatic rings. The van der Waals surface area contributed by atoms with E-state index in [-0.39, 0.29) is 5.91 Å². The van der Waals surface area contributed by atoms with Gasteiger partial charge in [0.15, 0.2) is 0 Å². The molecule has 3 aromatic rings. The zero-order chi connectivity index (χ0) is 16.9. The first-order valence-corrected chi connectivity index (χ1v) is 7.64. The maximum Gasteiger partial charge on any atom is 0.258 e. The number of hydrogen-bond acceptors (Lipinski definition) is 4. The molecule has 0 spiro atoms. The van der Waals surface area contributed by atoms with Gasteiger partial charge in [-0.1, -0.05) is 29.8 Å². The maximum atomic E-state index is 12.2. The summed E-state index contributed by atoms with van der Waals surface area (Å²) in [4.78, 5) is 20.6. The summed E-state index contributed by atoms with van der Waals surface area (Å²) >= 11 is 0. The highest BCUT2D eigenvalue weighted by atomic mass is 16.1. The second kappa shape index (κ2) is 6.91. The van der Waals surface area contributed by atoms with E-state index in [9.17, 15) is 4.79 Å². The van der Waals surface area contributed by atoms with Crippen molar-refractivity contribution in [2.75, 3.05) is 10.6 Å². The van der Waals surface area contributed by atoms with Crippen LogP contribution in [0.15, 0.2) is 60.9 Å². The Bertz CT molecular complexity index is 842. The van der Waals surface area contributed by atoms with Crippen LogP contribution in [0.2, 0.25) is 0 Å². The molecule has 120 valence electrons. The van der Waals surface area contributed by atoms with Crippen LogP contribution in [-0.4, -0.2) is 15.9 Å². The molecule has 24 heavy (non-hydrogen) atoms. The molecule has 5 nitrogen and oxygen atoms in total. The molecule has 5 heteroatoms. The molecule has 0 saturated heterocycles. The van der Waals surface area contributed by atoms with E-state index in [1.54, 1.807) is 0 Å². The lowest BCUT2D eigenvalue weighted by Gasteiger charge is -2.07. The lowest BCUT2D eigenvalue weighted by Crippen LogP contribution is -2.13. The van der Waals surface area contributed by atoms with Crippen molar-refractivity contribution in [3.63, 3.8) is 0 Å². The van der Waals surface area contributed by atoms with Gasteiger partial charge in [-0.05, 0) is 43.7 Å². The highest BCUT2D eigenvalue weighted by molar-refractivity contribution is 6.03. The standard InChI is InChI=1S/C19H18N4O/c1-13-6-8-16(9-7-13)22-18(24)15-11-20-19(21-12-15)23-17-5-3-4-14(2)10-17/h3-12H,1-2H3,(H,22,24)(H,20,21,23). The number of hydrogen-bond donors (Lipinski definition) is 2. The maximum absolute atomic E-state index is 12.2. The Balaban J connectivity index is 1.67. The summed E-state index contributed by atoms with van der Waals surface area (Å²) in [5, 5.41) is 5.94. The van der Waals surface area contributed by atoms with Crippen molar-refractivity contribution >= 4 is 23.2 Å². The van der Waals surface area contributed by atoms with Crippen molar-refractivity contribution < 1.29 is 4.79 Å². The smallest absolute Gasteiger partial charge is 0.258 e. The number of carbonyl (C=O) groups is 1. The van der Waals surface area contributed by atoms with Crippen molar-refractivity contribution in [1.29, 1.82) is 0 Å². The average molecular weight is 318 g/mol. The van der Waals surface area contributed by atoms with Gasteiger partial charge in [-0.3, -0.25) is 4.79 Å². The van der Waals surface area contributed by atoms with Gasteiger partial charge in [0, 0.05) is 23.8 Å². The molecular weight excluding hydrogens is 300 g/mol. The van der Waals surface area contributed by atoms with Gasteiger partial charge in [-0.15, -0.1) is 0 Å². The van der Waals surface area contributed by atoms with Crippen LogP contribution in [0.4, 0.5) is 17.3 Å². The molecule has 0 atom stereocenters. The second-order valence-corrected chi connectivity index (χ2v) is 5.61. The number of aromatic nitrogens is 2. The topological polar surface area (TPSA) is 66.9 Å². The predicted octanol–water partition coefficient (Wildman–Crippen LogP) is 4.09. The van der Waals surface area contributed by atoms with E-state index in [0.717, 1.165) is 22.5 Å². The number of rotatable bonds is 4. The fourth-order valence-electron chi connectivity index (χ4n) is 2.20. The monoisotopic (exact) mass is 318 g/mol. The van der Waals surface area contributed by atoms with Crippen LogP contribution in [0.5, 0.6) is 0 Å². The third-order valence-corrected chi connectivity index (χ3v) is 3.50. The zero-order valence-corrected chi connectivity index (χ0v) is 13.6. The van der Waals surface area contributed by atoms with E-state index < -0.39 is 0 Å². The zero-order valence-electron chi connectivity index (χ0n) is 13.6. The fraction of sp³-hybridized carbons (Fsp3) is 0.105. The van der Waals surface area contributed by atoms with Crippen LogP contribution < -0.4 is 10.6 Å². The molecule has 0 radical (unpaired) electrons. The number of nitrogens with one attached hydrogen (secondary N) is 2. The number of aryl methyl sites for hydroxylation is 2. The van der Waals surface area contributed by atoms with Crippen LogP contribution >= 0.6 is 0 Å². The molecule has 1 aromatic heterocycles. The minimum atomic E-state index is -0.235. The average Bonchev–Trinajstić information content (AvgIpc) is 2.57. The molecule has 0 aliphatic carbocycles. The summed E-state index contributed by atoms with van der Waals surface area (Å²) in [5.41, 5.74) is 4.35. The van der Waals surface area contributed by atoms with Crippen molar-refractivity contribution in [3.05, 3.63) is 77.6 Å². The number of benzene rings is 2. The van der Waals surface area contributed by atoms with Crippen molar-refractivity contribution in [2.45, 2.75) is 13.8 Å². The molecule has 2 aromatic carbocycles. The summed E-state index contributed by atoms with van der Waals surface area (Å²) in [5.74, 6) is 0.216. The first kappa shape index (κ1) is 15.7. The summed E-state index contributed by atoms with van der Waals surface area (Å²) in [6.45, 7) is 4.02. The highest BCUT2D eigenvalue weighted by Crippen LogP contribution is 2.15. The normalized spacial score (nSPS) is 10.2. The lowest BCUT2D eigenvalue weighted by atomic mass is 10.2. The first-order chi connectivity index (χ1) is 11.6. The molecule has 0 unspecified atom stereocenters. The van der Waals surface area contributed by atoms with Crippen molar-refractivity contribution in [2.24, 2.45) is 0 Å². The molecule has 0 bridgehead atoms. The summed E-state index contributed by atoms with van der Waals surface area (Å²) < 4.78 is 0. The summed E-state index contributed by atoms with van der Waals surface area (Å²) in [7, 11) is 0. The van der Waals surface area contributed by atoms with Gasteiger partial charge in [0.2, 0.25) is 5.95 Å². The third kappa shape index (κ3) is 3.95. The SMILES string of the molecule is Cc1ccc(NC(=O)c2cnc(Nc3cccc(C)c3)nc2)cc1. The first-order valence-electron chi connectivity index (χ1n) is 7.64. The van der Waals surface area contributed by atoms with E-state index in [2.05, 4.69) is 20.6 Å². The minimum Gasteiger partial charge on any atom is -0.324 e. The molecular formula is C19H18N4O. The molecule has 1 heterocycles. The molecule has 0 aliphatic heterocycles. The van der Waals surface area contributed by atoms with Gasteiger partial charge >= 0.3 is 0 Å². The fourth-order valence-corrected chi connectivity index (χ4v) is 2.20. The predicted molar refractivity (Wildman–Crippen MR) is 95.6 cm³/mol. The Morgan fingerprint density at radius 3 is 2.25 bits per heavy atom. The number of nitrogens with zero attached hydrogens (tertiary/aromatic N) is 2. The van der Waals surface area contributed by atoms with Crippen LogP contribution in [0, 0.1) is 13.8 Å². The van der Waals surface area contributed by atoms with Crippen LogP contribution in [0.25, 0.3) is 0 Å². The van der Waals surface area contributed by atoms with Crippen molar-refractivity contribution in [3.8, 4) is 0 Å². The second-order valence-electron chi connectivity index (χ2n) is 5.61. The Hall–Kier alpha value is -3.21. The van der Waals surface area contributed by atoms with Gasteiger partial charge in [-0.25, -0.2) is 9.97 Å². The van der Waals surface area contributed by atoms with Gasteiger partial charge in [0.05, 0.1) is 5.56 Å². The van der Waals surface area contributed by atoms with Crippen LogP contribution in [0.3, 0.4) is 0 Å². The van der Waals surface area contributed by atoms with Gasteiger partial charge in [0.25, 0.3) is 5.91 Å². The van der Waals surface area contributed by atoms with E-state index in [0.29, 0.717) is 11.5 Å². The molecule has 0 saturated carbocycles. The van der Waals surface area contributed by atoms with E-state index in [4.69, 9.17) is 0 Å². The molecule has 3 rings (SSSR count). The van der Waals surface area contributed by atoms with Gasteiger partial charge < -0.3 is 10.6 Å². The van der Waals surface area contributed by atoms with E-state index in [1.165, 1.54) is 12.4 Å². The Morgan fingerprint density at radius 2 is 1.58 bits per heavy atom. The Labute approximate surface area is 140 Å². The molecule has 0 fully saturated rings. The number of amides is 1. The minimum absolute atomic E-state index is 0.235. The largest absolute Gasteiger partial charge is 0.324 e.